The number of rotatable bonds is 3. The molecule has 5 heteroatoms. The molecule has 110 valence electrons. The molecule has 2 aliphatic heterocycles. The highest BCUT2D eigenvalue weighted by molar-refractivity contribution is 8.03. The lowest BCUT2D eigenvalue weighted by atomic mass is 10.3. The second kappa shape index (κ2) is 6.12. The van der Waals surface area contributed by atoms with Gasteiger partial charge < -0.3 is 14.5 Å². The maximum absolute atomic E-state index is 5.62. The van der Waals surface area contributed by atoms with Gasteiger partial charge in [0, 0.05) is 18.0 Å². The van der Waals surface area contributed by atoms with Crippen LogP contribution in [-0.2, 0) is 4.74 Å². The van der Waals surface area contributed by atoms with Crippen LogP contribution in [0.15, 0.2) is 52.1 Å². The molecule has 0 unspecified atom stereocenters. The molecule has 3 nitrogen and oxygen atoms in total. The molecule has 21 heavy (non-hydrogen) atoms. The summed E-state index contributed by atoms with van der Waals surface area (Å²) in [5.41, 5.74) is 1.28. The maximum Gasteiger partial charge on any atom is 0.264 e. The highest BCUT2D eigenvalue weighted by atomic mass is 32.2. The van der Waals surface area contributed by atoms with Crippen molar-refractivity contribution in [3.8, 4) is 0 Å². The number of ether oxygens (including phenoxy) is 1. The lowest BCUT2D eigenvalue weighted by Crippen LogP contribution is -2.22. The van der Waals surface area contributed by atoms with Crippen LogP contribution < -0.4 is 4.90 Å². The second-order valence-corrected chi connectivity index (χ2v) is 6.25. The first-order valence-electron chi connectivity index (χ1n) is 7.15. The van der Waals surface area contributed by atoms with Gasteiger partial charge in [0.15, 0.2) is 0 Å². The second-order valence-electron chi connectivity index (χ2n) is 4.83. The van der Waals surface area contributed by atoms with Crippen LogP contribution in [0.25, 0.3) is 0 Å². The van der Waals surface area contributed by atoms with Gasteiger partial charge in [-0.2, -0.15) is 0 Å². The molecule has 0 saturated carbocycles. The molecule has 2 aliphatic rings. The molecule has 1 saturated heterocycles. The molecule has 0 aliphatic carbocycles. The van der Waals surface area contributed by atoms with Crippen molar-refractivity contribution in [2.75, 3.05) is 24.5 Å². The van der Waals surface area contributed by atoms with Gasteiger partial charge in [-0.3, -0.25) is 0 Å². The summed E-state index contributed by atoms with van der Waals surface area (Å²) in [6.45, 7) is 6.86. The van der Waals surface area contributed by atoms with Gasteiger partial charge in [-0.05, 0) is 50.4 Å². The van der Waals surface area contributed by atoms with Crippen molar-refractivity contribution in [2.45, 2.75) is 18.7 Å². The van der Waals surface area contributed by atoms with E-state index in [2.05, 4.69) is 49.1 Å². The first kappa shape index (κ1) is 14.5. The van der Waals surface area contributed by atoms with E-state index < -0.39 is 0 Å². The molecular formula is C16H18N2OS2. The van der Waals surface area contributed by atoms with Crippen molar-refractivity contribution in [3.63, 3.8) is 0 Å². The standard InChI is InChI=1S/C16H18N2OS2/c1-3-17-11-12(19-16(17)20)9-10-15-18(4-2)13-7-5-6-8-14(13)21-15/h5-10H,3-4,11H2,1-2H3. The summed E-state index contributed by atoms with van der Waals surface area (Å²) in [7, 11) is 0. The number of hydrogen-bond acceptors (Lipinski definition) is 4. The lowest BCUT2D eigenvalue weighted by molar-refractivity contribution is 0.439. The van der Waals surface area contributed by atoms with Crippen LogP contribution >= 0.6 is 24.0 Å². The largest absolute Gasteiger partial charge is 0.434 e. The molecule has 1 aromatic carbocycles. The summed E-state index contributed by atoms with van der Waals surface area (Å²) >= 11 is 7.00. The number of likely N-dealkylation sites (N-methyl/N-ethyl adjacent to an activating group) is 1. The number of allylic oxidation sites excluding steroid dienone is 2. The molecule has 0 spiro atoms. The van der Waals surface area contributed by atoms with Gasteiger partial charge in [0.25, 0.3) is 5.17 Å². The van der Waals surface area contributed by atoms with Gasteiger partial charge in [-0.15, -0.1) is 0 Å². The fourth-order valence-electron chi connectivity index (χ4n) is 2.46. The summed E-state index contributed by atoms with van der Waals surface area (Å²) in [5.74, 6) is 0.918. The molecule has 3 rings (SSSR count). The van der Waals surface area contributed by atoms with Gasteiger partial charge >= 0.3 is 0 Å². The zero-order valence-corrected chi connectivity index (χ0v) is 13.8. The van der Waals surface area contributed by atoms with E-state index in [-0.39, 0.29) is 0 Å². The summed E-state index contributed by atoms with van der Waals surface area (Å²) in [4.78, 5) is 5.68. The Kier molecular flexibility index (Phi) is 4.22. The predicted octanol–water partition coefficient (Wildman–Crippen LogP) is 3.98. The number of thioether (sulfide) groups is 1. The average Bonchev–Trinajstić information content (AvgIpc) is 3.04. The average molecular weight is 318 g/mol. The molecule has 1 fully saturated rings. The molecule has 0 amide bonds. The van der Waals surface area contributed by atoms with E-state index in [1.807, 2.05) is 11.0 Å². The Balaban J connectivity index is 1.81. The zero-order chi connectivity index (χ0) is 14.8. The van der Waals surface area contributed by atoms with Crippen molar-refractivity contribution < 1.29 is 4.74 Å². The van der Waals surface area contributed by atoms with Crippen molar-refractivity contribution in [2.24, 2.45) is 0 Å². The summed E-state index contributed by atoms with van der Waals surface area (Å²) in [6, 6.07) is 8.50. The van der Waals surface area contributed by atoms with E-state index in [0.717, 1.165) is 25.4 Å². The number of nitrogens with zero attached hydrogens (tertiary/aromatic N) is 2. The van der Waals surface area contributed by atoms with Crippen molar-refractivity contribution in [1.82, 2.24) is 4.90 Å². The van der Waals surface area contributed by atoms with Gasteiger partial charge in [0.1, 0.15) is 5.76 Å². The van der Waals surface area contributed by atoms with Crippen LogP contribution in [0.3, 0.4) is 0 Å². The molecule has 0 N–H and O–H groups in total. The number of thiocarbonyl (C=S) groups is 1. The molecule has 2 heterocycles. The third-order valence-electron chi connectivity index (χ3n) is 3.57. The van der Waals surface area contributed by atoms with Crippen LogP contribution in [-0.4, -0.2) is 29.7 Å². The third kappa shape index (κ3) is 2.80. The highest BCUT2D eigenvalue weighted by Crippen LogP contribution is 2.45. The van der Waals surface area contributed by atoms with Gasteiger partial charge in [-0.25, -0.2) is 0 Å². The molecular weight excluding hydrogens is 300 g/mol. The molecule has 0 atom stereocenters. The van der Waals surface area contributed by atoms with Gasteiger partial charge in [-0.1, -0.05) is 23.9 Å². The topological polar surface area (TPSA) is 15.7 Å². The minimum atomic E-state index is 0.580. The quantitative estimate of drug-likeness (QED) is 0.781. The molecule has 0 aromatic heterocycles. The minimum Gasteiger partial charge on any atom is -0.434 e. The van der Waals surface area contributed by atoms with E-state index >= 15 is 0 Å². The number of anilines is 1. The fourth-order valence-corrected chi connectivity index (χ4v) is 3.89. The van der Waals surface area contributed by atoms with E-state index in [4.69, 9.17) is 17.0 Å². The summed E-state index contributed by atoms with van der Waals surface area (Å²) in [6.07, 6.45) is 4.17. The number of para-hydroxylation sites is 1. The Bertz CT molecular complexity index is 624. The Morgan fingerprint density at radius 1 is 1.24 bits per heavy atom. The monoisotopic (exact) mass is 318 g/mol. The zero-order valence-electron chi connectivity index (χ0n) is 12.2. The van der Waals surface area contributed by atoms with E-state index in [9.17, 15) is 0 Å². The van der Waals surface area contributed by atoms with Crippen molar-refractivity contribution >= 4 is 34.8 Å². The normalized spacial score (nSPS) is 21.3. The van der Waals surface area contributed by atoms with E-state index in [1.165, 1.54) is 15.6 Å². The van der Waals surface area contributed by atoms with Crippen LogP contribution in [0.2, 0.25) is 0 Å². The van der Waals surface area contributed by atoms with E-state index in [1.54, 1.807) is 11.8 Å². The maximum atomic E-state index is 5.62. The first-order valence-corrected chi connectivity index (χ1v) is 8.37. The summed E-state index contributed by atoms with van der Waals surface area (Å²) < 4.78 is 5.62. The van der Waals surface area contributed by atoms with Gasteiger partial charge in [0.05, 0.1) is 17.3 Å². The van der Waals surface area contributed by atoms with Crippen molar-refractivity contribution in [1.29, 1.82) is 0 Å². The Hall–Kier alpha value is -1.46. The number of hydrogen-bond donors (Lipinski definition) is 0. The summed E-state index contributed by atoms with van der Waals surface area (Å²) in [5, 5.41) is 1.81. The fraction of sp³-hybridized carbons (Fsp3) is 0.312. The van der Waals surface area contributed by atoms with Crippen LogP contribution in [0, 0.1) is 0 Å². The molecule has 0 bridgehead atoms. The predicted molar refractivity (Wildman–Crippen MR) is 92.4 cm³/mol. The molecule has 0 radical (unpaired) electrons. The third-order valence-corrected chi connectivity index (χ3v) is 5.04. The number of benzene rings is 1. The van der Waals surface area contributed by atoms with Gasteiger partial charge in [0.2, 0.25) is 0 Å². The highest BCUT2D eigenvalue weighted by Gasteiger charge is 2.24. The minimum absolute atomic E-state index is 0.580. The van der Waals surface area contributed by atoms with Crippen LogP contribution in [0.5, 0.6) is 0 Å². The Morgan fingerprint density at radius 3 is 2.76 bits per heavy atom. The number of fused-ring (bicyclic) bond motifs is 1. The lowest BCUT2D eigenvalue weighted by Gasteiger charge is -2.17. The SMILES string of the molecule is CCN1CC(=CC=C2Sc3ccccc3N2CC)OC1=S. The smallest absolute Gasteiger partial charge is 0.264 e. The van der Waals surface area contributed by atoms with E-state index in [0.29, 0.717) is 5.17 Å². The Labute approximate surface area is 135 Å². The Morgan fingerprint density at radius 2 is 2.05 bits per heavy atom. The van der Waals surface area contributed by atoms with Crippen LogP contribution in [0.4, 0.5) is 5.69 Å². The van der Waals surface area contributed by atoms with Crippen molar-refractivity contribution in [3.05, 3.63) is 47.2 Å². The first-order chi connectivity index (χ1) is 10.2. The van der Waals surface area contributed by atoms with Crippen LogP contribution in [0.1, 0.15) is 13.8 Å². The molecule has 1 aromatic rings.